The van der Waals surface area contributed by atoms with E-state index in [9.17, 15) is 0 Å². The van der Waals surface area contributed by atoms with Gasteiger partial charge in [-0.1, -0.05) is 35.3 Å². The van der Waals surface area contributed by atoms with Gasteiger partial charge in [-0.25, -0.2) is 9.97 Å². The molecule has 7 nitrogen and oxygen atoms in total. The number of rotatable bonds is 3. The lowest BCUT2D eigenvalue weighted by Crippen LogP contribution is -2.41. The Balaban J connectivity index is 1.19. The Morgan fingerprint density at radius 3 is 2.75 bits per heavy atom. The summed E-state index contributed by atoms with van der Waals surface area (Å²) in [5.41, 5.74) is 5.70. The second-order valence-corrected chi connectivity index (χ2v) is 10.6. The maximum absolute atomic E-state index is 6.76. The number of piperidine rings is 1. The molecule has 1 spiro atoms. The maximum atomic E-state index is 6.76. The SMILES string of the molecule is COc1cccc2c1CC1(CCN(c3nccn4c(-c5ccc6[nH]nc(Cl)c6c5Cl)ncc34)CC1)C2. The van der Waals surface area contributed by atoms with Gasteiger partial charge in [0, 0.05) is 31.0 Å². The molecule has 1 fully saturated rings. The minimum atomic E-state index is 0.302. The number of benzene rings is 2. The van der Waals surface area contributed by atoms with Crippen molar-refractivity contribution in [2.45, 2.75) is 25.7 Å². The molecule has 2 aliphatic rings. The van der Waals surface area contributed by atoms with Gasteiger partial charge in [0.2, 0.25) is 0 Å². The number of hydrogen-bond acceptors (Lipinski definition) is 5. The van der Waals surface area contributed by atoms with Crippen molar-refractivity contribution in [3.8, 4) is 17.1 Å². The standard InChI is InChI=1S/C27H24Cl2N6O/c1-36-21-4-2-3-16-13-27(14-18(16)21)7-10-34(11-8-27)26-20-15-31-25(35(20)12-9-30-26)17-5-6-19-22(23(17)28)24(29)33-32-19/h2-6,9,12,15H,7-8,10-11,13-14H2,1H3,(H,32,33). The van der Waals surface area contributed by atoms with E-state index in [1.165, 1.54) is 11.1 Å². The Morgan fingerprint density at radius 2 is 1.92 bits per heavy atom. The zero-order chi connectivity index (χ0) is 24.4. The van der Waals surface area contributed by atoms with E-state index in [0.717, 1.165) is 72.8 Å². The molecule has 0 saturated carbocycles. The number of imidazole rings is 1. The van der Waals surface area contributed by atoms with Gasteiger partial charge in [-0.3, -0.25) is 9.50 Å². The van der Waals surface area contributed by atoms with Gasteiger partial charge in [0.05, 0.1) is 29.2 Å². The number of halogens is 2. The van der Waals surface area contributed by atoms with E-state index in [4.69, 9.17) is 37.9 Å². The fraction of sp³-hybridized carbons (Fsp3) is 0.296. The van der Waals surface area contributed by atoms with Crippen LogP contribution in [0, 0.1) is 5.41 Å². The average molecular weight is 519 g/mol. The number of ether oxygens (including phenoxy) is 1. The highest BCUT2D eigenvalue weighted by Gasteiger charge is 2.41. The van der Waals surface area contributed by atoms with Crippen LogP contribution in [0.15, 0.2) is 48.9 Å². The zero-order valence-corrected chi connectivity index (χ0v) is 21.3. The quantitative estimate of drug-likeness (QED) is 0.318. The molecule has 2 aromatic carbocycles. The molecule has 5 aromatic rings. The number of aromatic amines is 1. The van der Waals surface area contributed by atoms with Crippen molar-refractivity contribution in [1.29, 1.82) is 0 Å². The normalized spacial score (nSPS) is 16.8. The Hall–Kier alpha value is -3.29. The highest BCUT2D eigenvalue weighted by molar-refractivity contribution is 6.43. The molecule has 1 saturated heterocycles. The molecular formula is C27H24Cl2N6O. The van der Waals surface area contributed by atoms with Crippen LogP contribution in [0.3, 0.4) is 0 Å². The van der Waals surface area contributed by atoms with Crippen LogP contribution < -0.4 is 9.64 Å². The van der Waals surface area contributed by atoms with Gasteiger partial charge in [0.15, 0.2) is 11.0 Å². The van der Waals surface area contributed by atoms with Crippen LogP contribution in [-0.4, -0.2) is 44.8 Å². The number of fused-ring (bicyclic) bond motifs is 3. The summed E-state index contributed by atoms with van der Waals surface area (Å²) in [5, 5.41) is 8.58. The van der Waals surface area contributed by atoms with Crippen molar-refractivity contribution in [2.24, 2.45) is 5.41 Å². The molecule has 1 aliphatic heterocycles. The van der Waals surface area contributed by atoms with Crippen molar-refractivity contribution in [3.05, 3.63) is 70.2 Å². The van der Waals surface area contributed by atoms with Crippen molar-refractivity contribution in [2.75, 3.05) is 25.1 Å². The monoisotopic (exact) mass is 518 g/mol. The smallest absolute Gasteiger partial charge is 0.160 e. The minimum absolute atomic E-state index is 0.302. The number of anilines is 1. The molecular weight excluding hydrogens is 495 g/mol. The van der Waals surface area contributed by atoms with Crippen LogP contribution in [0.4, 0.5) is 5.82 Å². The van der Waals surface area contributed by atoms with Gasteiger partial charge < -0.3 is 9.64 Å². The predicted molar refractivity (Wildman–Crippen MR) is 142 cm³/mol. The van der Waals surface area contributed by atoms with Crippen molar-refractivity contribution >= 4 is 45.4 Å². The average Bonchev–Trinajstić information content (AvgIpc) is 3.60. The van der Waals surface area contributed by atoms with E-state index in [1.54, 1.807) is 7.11 Å². The molecule has 7 rings (SSSR count). The predicted octanol–water partition coefficient (Wildman–Crippen LogP) is 5.97. The van der Waals surface area contributed by atoms with E-state index in [2.05, 4.69) is 37.7 Å². The summed E-state index contributed by atoms with van der Waals surface area (Å²) in [6.07, 6.45) is 10.1. The third-order valence-electron chi connectivity index (χ3n) is 7.99. The van der Waals surface area contributed by atoms with Gasteiger partial charge in [-0.15, -0.1) is 0 Å². The van der Waals surface area contributed by atoms with Gasteiger partial charge >= 0.3 is 0 Å². The number of aromatic nitrogens is 5. The largest absolute Gasteiger partial charge is 0.496 e. The molecule has 0 unspecified atom stereocenters. The molecule has 9 heteroatoms. The lowest BCUT2D eigenvalue weighted by molar-refractivity contribution is 0.231. The van der Waals surface area contributed by atoms with E-state index in [1.807, 2.05) is 30.7 Å². The Bertz CT molecular complexity index is 1630. The third kappa shape index (κ3) is 3.22. The number of nitrogens with zero attached hydrogens (tertiary/aromatic N) is 5. The lowest BCUT2D eigenvalue weighted by Gasteiger charge is -2.40. The number of hydrogen-bond donors (Lipinski definition) is 1. The third-order valence-corrected chi connectivity index (χ3v) is 8.66. The van der Waals surface area contributed by atoms with E-state index < -0.39 is 0 Å². The first kappa shape index (κ1) is 21.9. The molecule has 0 amide bonds. The second-order valence-electron chi connectivity index (χ2n) is 9.89. The van der Waals surface area contributed by atoms with E-state index >= 15 is 0 Å². The van der Waals surface area contributed by atoms with Crippen LogP contribution in [0.2, 0.25) is 10.2 Å². The number of nitrogens with one attached hydrogen (secondary N) is 1. The second kappa shape index (κ2) is 8.11. The Morgan fingerprint density at radius 1 is 1.06 bits per heavy atom. The van der Waals surface area contributed by atoms with Gasteiger partial charge in [0.1, 0.15) is 17.1 Å². The number of methoxy groups -OCH3 is 1. The highest BCUT2D eigenvalue weighted by Crippen LogP contribution is 2.48. The fourth-order valence-corrected chi connectivity index (χ4v) is 6.75. The van der Waals surface area contributed by atoms with Crippen LogP contribution in [-0.2, 0) is 12.8 Å². The van der Waals surface area contributed by atoms with Gasteiger partial charge in [0.25, 0.3) is 0 Å². The van der Waals surface area contributed by atoms with Crippen LogP contribution >= 0.6 is 23.2 Å². The summed E-state index contributed by atoms with van der Waals surface area (Å²) in [7, 11) is 1.77. The molecule has 182 valence electrons. The fourth-order valence-electron chi connectivity index (χ4n) is 6.12. The van der Waals surface area contributed by atoms with E-state index in [0.29, 0.717) is 21.0 Å². The lowest BCUT2D eigenvalue weighted by atomic mass is 9.76. The summed E-state index contributed by atoms with van der Waals surface area (Å²) in [4.78, 5) is 11.9. The molecule has 1 N–H and O–H groups in total. The molecule has 36 heavy (non-hydrogen) atoms. The van der Waals surface area contributed by atoms with E-state index in [-0.39, 0.29) is 0 Å². The highest BCUT2D eigenvalue weighted by atomic mass is 35.5. The van der Waals surface area contributed by atoms with Crippen LogP contribution in [0.25, 0.3) is 27.8 Å². The minimum Gasteiger partial charge on any atom is -0.496 e. The Labute approximate surface area is 218 Å². The summed E-state index contributed by atoms with van der Waals surface area (Å²) in [5.74, 6) is 2.74. The molecule has 1 aliphatic carbocycles. The maximum Gasteiger partial charge on any atom is 0.160 e. The molecule has 3 aromatic heterocycles. The topological polar surface area (TPSA) is 71.3 Å². The van der Waals surface area contributed by atoms with Crippen LogP contribution in [0.5, 0.6) is 5.75 Å². The summed E-state index contributed by atoms with van der Waals surface area (Å²) in [6, 6.07) is 10.3. The number of H-pyrrole nitrogens is 1. The van der Waals surface area contributed by atoms with Crippen molar-refractivity contribution < 1.29 is 4.74 Å². The zero-order valence-electron chi connectivity index (χ0n) is 19.8. The molecule has 0 atom stereocenters. The summed E-state index contributed by atoms with van der Waals surface area (Å²) < 4.78 is 7.71. The summed E-state index contributed by atoms with van der Waals surface area (Å²) >= 11 is 13.0. The molecule has 4 heterocycles. The van der Waals surface area contributed by atoms with Gasteiger partial charge in [-0.2, -0.15) is 5.10 Å². The van der Waals surface area contributed by atoms with Crippen molar-refractivity contribution in [1.82, 2.24) is 24.6 Å². The van der Waals surface area contributed by atoms with Gasteiger partial charge in [-0.05, 0) is 60.4 Å². The van der Waals surface area contributed by atoms with Crippen molar-refractivity contribution in [3.63, 3.8) is 0 Å². The first-order valence-corrected chi connectivity index (χ1v) is 12.9. The summed E-state index contributed by atoms with van der Waals surface area (Å²) in [6.45, 7) is 1.92. The Kier molecular flexibility index (Phi) is 4.95. The first-order valence-electron chi connectivity index (χ1n) is 12.1. The first-order chi connectivity index (χ1) is 17.6. The molecule has 0 bridgehead atoms. The molecule has 0 radical (unpaired) electrons. The van der Waals surface area contributed by atoms with Crippen LogP contribution in [0.1, 0.15) is 24.0 Å².